The summed E-state index contributed by atoms with van der Waals surface area (Å²) in [5.41, 5.74) is 0. The first-order chi connectivity index (χ1) is 37.0. The Balaban J connectivity index is 4.52. The summed E-state index contributed by atoms with van der Waals surface area (Å²) in [5.74, 6) is -0.978. The molecule has 0 aliphatic carbocycles. The number of carbonyl (C=O) groups excluding carboxylic acids is 3. The fourth-order valence-electron chi connectivity index (χ4n) is 8.13. The first-order valence-electron chi connectivity index (χ1n) is 30.7. The standard InChI is InChI=1S/C69H112O6/c1-4-7-10-13-16-19-22-25-28-30-32-33-34-35-37-38-41-44-47-50-53-56-59-62-68(71)74-65-66(64-73-67(70)61-58-55-52-49-46-43-40-27-24-21-18-15-12-9-6-3)75-69(72)63-60-57-54-51-48-45-42-39-36-31-29-26-23-20-17-14-11-8-5-2/h7-8,10-11,16-17,19-20,25-26,28-29,32-33,35-37,39,41,44,50,53,66H,4-6,9,12-15,18,21-24,27,30-31,34,38,40,42-43,45-49,51-52,54-65H2,1-3H3/b10-7-,11-8-,19-16-,20-17-,28-25-,29-26-,33-32-,37-35-,39-36-,44-41-,53-50-. The van der Waals surface area contributed by atoms with E-state index in [1.807, 2.05) is 0 Å². The Morgan fingerprint density at radius 3 is 0.867 bits per heavy atom. The Hall–Kier alpha value is -4.45. The zero-order valence-corrected chi connectivity index (χ0v) is 48.5. The van der Waals surface area contributed by atoms with Crippen LogP contribution in [-0.4, -0.2) is 37.2 Å². The molecule has 0 heterocycles. The molecule has 0 N–H and O–H groups in total. The van der Waals surface area contributed by atoms with E-state index in [4.69, 9.17) is 14.2 Å². The molecule has 0 bridgehead atoms. The SMILES string of the molecule is CC/C=C\C/C=C\C/C=C\C/C=C\C/C=C\C/C=C\C/C=C\CCCC(=O)OCC(COC(=O)CCCCCCCCCCCCCCCCC)OC(=O)CCCCCCCC/C=C\C/C=C\C/C=C\C/C=C\CC. The maximum absolute atomic E-state index is 12.9. The molecule has 1 atom stereocenters. The molecule has 0 aliphatic heterocycles. The van der Waals surface area contributed by atoms with Crippen LogP contribution in [0.4, 0.5) is 0 Å². The lowest BCUT2D eigenvalue weighted by molar-refractivity contribution is -0.167. The van der Waals surface area contributed by atoms with Gasteiger partial charge in [0.2, 0.25) is 0 Å². The van der Waals surface area contributed by atoms with E-state index in [0.29, 0.717) is 19.3 Å². The van der Waals surface area contributed by atoms with E-state index in [1.54, 1.807) is 0 Å². The van der Waals surface area contributed by atoms with Crippen molar-refractivity contribution in [3.8, 4) is 0 Å². The quantitative estimate of drug-likeness (QED) is 0.0261. The van der Waals surface area contributed by atoms with E-state index >= 15 is 0 Å². The Morgan fingerprint density at radius 2 is 0.533 bits per heavy atom. The molecule has 6 nitrogen and oxygen atoms in total. The molecule has 0 aromatic rings. The third-order valence-electron chi connectivity index (χ3n) is 12.7. The monoisotopic (exact) mass is 1040 g/mol. The molecule has 75 heavy (non-hydrogen) atoms. The lowest BCUT2D eigenvalue weighted by atomic mass is 10.0. The number of allylic oxidation sites excluding steroid dienone is 22. The number of ether oxygens (including phenoxy) is 3. The van der Waals surface area contributed by atoms with Crippen molar-refractivity contribution in [2.24, 2.45) is 0 Å². The topological polar surface area (TPSA) is 78.9 Å². The van der Waals surface area contributed by atoms with Crippen LogP contribution in [-0.2, 0) is 28.6 Å². The highest BCUT2D eigenvalue weighted by Crippen LogP contribution is 2.15. The average Bonchev–Trinajstić information content (AvgIpc) is 3.41. The fraction of sp³-hybridized carbons (Fsp3) is 0.638. The molecule has 424 valence electrons. The number of carbonyl (C=O) groups is 3. The molecule has 0 saturated heterocycles. The molecular weight excluding hydrogens is 925 g/mol. The van der Waals surface area contributed by atoms with Crippen molar-refractivity contribution in [1.82, 2.24) is 0 Å². The maximum atomic E-state index is 12.9. The molecule has 0 spiro atoms. The lowest BCUT2D eigenvalue weighted by Crippen LogP contribution is -2.30. The van der Waals surface area contributed by atoms with Crippen molar-refractivity contribution in [3.05, 3.63) is 134 Å². The van der Waals surface area contributed by atoms with Gasteiger partial charge >= 0.3 is 17.9 Å². The highest BCUT2D eigenvalue weighted by atomic mass is 16.6. The van der Waals surface area contributed by atoms with Crippen LogP contribution < -0.4 is 0 Å². The van der Waals surface area contributed by atoms with Gasteiger partial charge in [0.15, 0.2) is 6.10 Å². The van der Waals surface area contributed by atoms with Gasteiger partial charge in [-0.2, -0.15) is 0 Å². The second-order valence-corrected chi connectivity index (χ2v) is 19.9. The predicted octanol–water partition coefficient (Wildman–Crippen LogP) is 21.0. The Bertz CT molecular complexity index is 1620. The molecule has 0 aliphatic rings. The van der Waals surface area contributed by atoms with Crippen molar-refractivity contribution in [3.63, 3.8) is 0 Å². The Labute approximate surface area is 462 Å². The van der Waals surface area contributed by atoms with Crippen LogP contribution in [0.5, 0.6) is 0 Å². The summed E-state index contributed by atoms with van der Waals surface area (Å²) in [6, 6.07) is 0. The molecular formula is C69H112O6. The van der Waals surface area contributed by atoms with Crippen LogP contribution in [0.2, 0.25) is 0 Å². The van der Waals surface area contributed by atoms with E-state index in [2.05, 4.69) is 154 Å². The van der Waals surface area contributed by atoms with Crippen molar-refractivity contribution in [2.75, 3.05) is 13.2 Å². The van der Waals surface area contributed by atoms with Crippen molar-refractivity contribution >= 4 is 17.9 Å². The molecule has 1 unspecified atom stereocenters. The molecule has 0 fully saturated rings. The highest BCUT2D eigenvalue weighted by Gasteiger charge is 2.19. The Morgan fingerprint density at radius 1 is 0.280 bits per heavy atom. The van der Waals surface area contributed by atoms with Gasteiger partial charge in [-0.15, -0.1) is 0 Å². The molecule has 0 aromatic heterocycles. The minimum Gasteiger partial charge on any atom is -0.462 e. The van der Waals surface area contributed by atoms with Crippen LogP contribution in [0.1, 0.15) is 265 Å². The third-order valence-corrected chi connectivity index (χ3v) is 12.7. The summed E-state index contributed by atoms with van der Waals surface area (Å²) >= 11 is 0. The van der Waals surface area contributed by atoms with Crippen LogP contribution >= 0.6 is 0 Å². The van der Waals surface area contributed by atoms with E-state index in [-0.39, 0.29) is 37.5 Å². The average molecular weight is 1040 g/mol. The number of unbranched alkanes of at least 4 members (excludes halogenated alkanes) is 21. The zero-order chi connectivity index (χ0) is 54.3. The maximum Gasteiger partial charge on any atom is 0.306 e. The van der Waals surface area contributed by atoms with Gasteiger partial charge in [-0.25, -0.2) is 0 Å². The van der Waals surface area contributed by atoms with Crippen molar-refractivity contribution < 1.29 is 28.6 Å². The van der Waals surface area contributed by atoms with Gasteiger partial charge in [0.05, 0.1) is 0 Å². The molecule has 0 rings (SSSR count). The highest BCUT2D eigenvalue weighted by molar-refractivity contribution is 5.71. The number of rotatable bonds is 54. The summed E-state index contributed by atoms with van der Waals surface area (Å²) < 4.78 is 16.9. The van der Waals surface area contributed by atoms with E-state index in [0.717, 1.165) is 128 Å². The lowest BCUT2D eigenvalue weighted by Gasteiger charge is -2.18. The second-order valence-electron chi connectivity index (χ2n) is 19.9. The summed E-state index contributed by atoms with van der Waals surface area (Å²) in [6.45, 7) is 6.36. The first kappa shape index (κ1) is 70.5. The van der Waals surface area contributed by atoms with Gasteiger partial charge in [-0.1, -0.05) is 270 Å². The summed E-state index contributed by atoms with van der Waals surface area (Å²) in [5, 5.41) is 0. The third kappa shape index (κ3) is 60.3. The minimum absolute atomic E-state index is 0.104. The molecule has 6 heteroatoms. The second kappa shape index (κ2) is 62.1. The van der Waals surface area contributed by atoms with Crippen molar-refractivity contribution in [2.45, 2.75) is 271 Å². The van der Waals surface area contributed by atoms with Gasteiger partial charge < -0.3 is 14.2 Å². The minimum atomic E-state index is -0.814. The van der Waals surface area contributed by atoms with Crippen LogP contribution in [0.15, 0.2) is 134 Å². The van der Waals surface area contributed by atoms with Crippen molar-refractivity contribution in [1.29, 1.82) is 0 Å². The van der Waals surface area contributed by atoms with E-state index < -0.39 is 6.10 Å². The van der Waals surface area contributed by atoms with Gasteiger partial charge in [-0.3, -0.25) is 14.4 Å². The Kier molecular flexibility index (Phi) is 58.4. The van der Waals surface area contributed by atoms with E-state index in [9.17, 15) is 14.4 Å². The van der Waals surface area contributed by atoms with Crippen LogP contribution in [0, 0.1) is 0 Å². The van der Waals surface area contributed by atoms with Gasteiger partial charge in [0.25, 0.3) is 0 Å². The van der Waals surface area contributed by atoms with Crippen LogP contribution in [0.25, 0.3) is 0 Å². The normalized spacial score (nSPS) is 13.1. The van der Waals surface area contributed by atoms with Gasteiger partial charge in [0, 0.05) is 19.3 Å². The summed E-state index contributed by atoms with van der Waals surface area (Å²) in [6.07, 6.45) is 87.3. The van der Waals surface area contributed by atoms with Gasteiger partial charge in [-0.05, 0) is 109 Å². The summed E-state index contributed by atoms with van der Waals surface area (Å²) in [4.78, 5) is 38.3. The molecule has 0 saturated carbocycles. The number of hydrogen-bond acceptors (Lipinski definition) is 6. The molecule has 0 radical (unpaired) electrons. The predicted molar refractivity (Wildman–Crippen MR) is 325 cm³/mol. The first-order valence-corrected chi connectivity index (χ1v) is 30.7. The number of hydrogen-bond donors (Lipinski definition) is 0. The number of esters is 3. The van der Waals surface area contributed by atoms with Gasteiger partial charge in [0.1, 0.15) is 13.2 Å². The largest absolute Gasteiger partial charge is 0.462 e. The smallest absolute Gasteiger partial charge is 0.306 e. The van der Waals surface area contributed by atoms with Crippen LogP contribution in [0.3, 0.4) is 0 Å². The van der Waals surface area contributed by atoms with E-state index in [1.165, 1.54) is 89.9 Å². The molecule has 0 amide bonds. The molecule has 0 aromatic carbocycles. The zero-order valence-electron chi connectivity index (χ0n) is 48.5. The fourth-order valence-corrected chi connectivity index (χ4v) is 8.13. The summed E-state index contributed by atoms with van der Waals surface area (Å²) in [7, 11) is 0.